The quantitative estimate of drug-likeness (QED) is 0.808. The lowest BCUT2D eigenvalue weighted by Crippen LogP contribution is -2.59. The number of rotatable bonds is 4. The van der Waals surface area contributed by atoms with Gasteiger partial charge in [0.2, 0.25) is 11.8 Å². The van der Waals surface area contributed by atoms with Crippen LogP contribution < -0.4 is 11.1 Å². The van der Waals surface area contributed by atoms with Crippen LogP contribution in [0.15, 0.2) is 0 Å². The third-order valence-electron chi connectivity index (χ3n) is 4.89. The van der Waals surface area contributed by atoms with Gasteiger partial charge in [0, 0.05) is 18.1 Å². The van der Waals surface area contributed by atoms with Crippen LogP contribution in [0.25, 0.3) is 0 Å². The molecule has 1 unspecified atom stereocenters. The Bertz CT molecular complexity index is 408. The summed E-state index contributed by atoms with van der Waals surface area (Å²) in [6.07, 6.45) is 3.77. The van der Waals surface area contributed by atoms with Gasteiger partial charge < -0.3 is 16.0 Å². The van der Waals surface area contributed by atoms with Gasteiger partial charge in [-0.1, -0.05) is 0 Å². The van der Waals surface area contributed by atoms with E-state index in [2.05, 4.69) is 5.32 Å². The molecular formula is C15H27N3O2. The molecule has 0 spiro atoms. The van der Waals surface area contributed by atoms with E-state index >= 15 is 0 Å². The van der Waals surface area contributed by atoms with E-state index in [1.54, 1.807) is 4.90 Å². The number of carbonyl (C=O) groups is 2. The van der Waals surface area contributed by atoms with E-state index in [1.165, 1.54) is 0 Å². The molecular weight excluding hydrogens is 254 g/mol. The van der Waals surface area contributed by atoms with Gasteiger partial charge in [-0.2, -0.15) is 0 Å². The Morgan fingerprint density at radius 1 is 1.15 bits per heavy atom. The van der Waals surface area contributed by atoms with Crippen molar-refractivity contribution in [3.8, 4) is 0 Å². The first kappa shape index (κ1) is 15.3. The second-order valence-electron chi connectivity index (χ2n) is 7.29. The summed E-state index contributed by atoms with van der Waals surface area (Å²) in [4.78, 5) is 26.8. The normalized spacial score (nSPS) is 23.9. The first-order chi connectivity index (χ1) is 9.14. The Kier molecular flexibility index (Phi) is 3.84. The molecule has 3 N–H and O–H groups in total. The summed E-state index contributed by atoms with van der Waals surface area (Å²) in [6.45, 7) is 8.11. The molecule has 1 saturated carbocycles. The van der Waals surface area contributed by atoms with Crippen molar-refractivity contribution in [2.75, 3.05) is 6.54 Å². The molecule has 5 nitrogen and oxygen atoms in total. The molecule has 1 aliphatic carbocycles. The fourth-order valence-electron chi connectivity index (χ4n) is 2.44. The fourth-order valence-corrected chi connectivity index (χ4v) is 2.44. The van der Waals surface area contributed by atoms with Crippen LogP contribution in [0, 0.1) is 5.41 Å². The van der Waals surface area contributed by atoms with Crippen molar-refractivity contribution in [1.82, 2.24) is 10.2 Å². The Hall–Kier alpha value is -1.10. The number of carbonyl (C=O) groups excluding carboxylic acids is 2. The Morgan fingerprint density at radius 3 is 2.25 bits per heavy atom. The van der Waals surface area contributed by atoms with E-state index in [9.17, 15) is 9.59 Å². The van der Waals surface area contributed by atoms with Crippen LogP contribution in [-0.4, -0.2) is 40.9 Å². The van der Waals surface area contributed by atoms with Gasteiger partial charge in [-0.05, 0) is 53.4 Å². The zero-order valence-corrected chi connectivity index (χ0v) is 13.0. The lowest BCUT2D eigenvalue weighted by molar-refractivity contribution is -0.148. The van der Waals surface area contributed by atoms with Gasteiger partial charge in [0.15, 0.2) is 0 Å². The molecule has 2 amide bonds. The number of amides is 2. The molecule has 2 aliphatic rings. The zero-order valence-electron chi connectivity index (χ0n) is 13.0. The SMILES string of the molecule is CC(C)(N)C(C)(C)C(=O)N1CCCC1C(=O)NC1CC1. The van der Waals surface area contributed by atoms with Gasteiger partial charge in [-0.3, -0.25) is 9.59 Å². The summed E-state index contributed by atoms with van der Waals surface area (Å²) < 4.78 is 0. The summed E-state index contributed by atoms with van der Waals surface area (Å²) in [5.41, 5.74) is 4.84. The van der Waals surface area contributed by atoms with Crippen molar-refractivity contribution in [1.29, 1.82) is 0 Å². The maximum absolute atomic E-state index is 12.8. The van der Waals surface area contributed by atoms with E-state index < -0.39 is 11.0 Å². The second kappa shape index (κ2) is 5.02. The summed E-state index contributed by atoms with van der Waals surface area (Å²) >= 11 is 0. The van der Waals surface area contributed by atoms with Crippen LogP contribution in [0.4, 0.5) is 0 Å². The largest absolute Gasteiger partial charge is 0.352 e. The molecule has 2 rings (SSSR count). The number of likely N-dealkylation sites (tertiary alicyclic amines) is 1. The van der Waals surface area contributed by atoms with Crippen molar-refractivity contribution >= 4 is 11.8 Å². The van der Waals surface area contributed by atoms with E-state index in [0.29, 0.717) is 12.6 Å². The van der Waals surface area contributed by atoms with E-state index in [4.69, 9.17) is 5.73 Å². The van der Waals surface area contributed by atoms with Crippen LogP contribution in [0.2, 0.25) is 0 Å². The third kappa shape index (κ3) is 2.82. The fraction of sp³-hybridized carbons (Fsp3) is 0.867. The molecule has 0 aromatic heterocycles. The number of nitrogens with two attached hydrogens (primary N) is 1. The highest BCUT2D eigenvalue weighted by Gasteiger charge is 2.47. The Labute approximate surface area is 121 Å². The predicted molar refractivity (Wildman–Crippen MR) is 77.9 cm³/mol. The van der Waals surface area contributed by atoms with Crippen molar-refractivity contribution in [2.24, 2.45) is 11.1 Å². The Morgan fingerprint density at radius 2 is 1.75 bits per heavy atom. The first-order valence-electron chi connectivity index (χ1n) is 7.55. The molecule has 1 atom stereocenters. The Balaban J connectivity index is 2.09. The van der Waals surface area contributed by atoms with Crippen LogP contribution >= 0.6 is 0 Å². The van der Waals surface area contributed by atoms with Gasteiger partial charge in [-0.25, -0.2) is 0 Å². The molecule has 0 aromatic carbocycles. The minimum absolute atomic E-state index is 0.00368. The van der Waals surface area contributed by atoms with Crippen molar-refractivity contribution in [3.05, 3.63) is 0 Å². The third-order valence-corrected chi connectivity index (χ3v) is 4.89. The average Bonchev–Trinajstić information content (AvgIpc) is 3.00. The molecule has 1 aliphatic heterocycles. The lowest BCUT2D eigenvalue weighted by atomic mass is 9.74. The molecule has 114 valence electrons. The number of hydrogen-bond acceptors (Lipinski definition) is 3. The number of nitrogens with one attached hydrogen (secondary N) is 1. The highest BCUT2D eigenvalue weighted by molar-refractivity contribution is 5.91. The molecule has 0 radical (unpaired) electrons. The minimum atomic E-state index is -0.685. The molecule has 1 saturated heterocycles. The van der Waals surface area contributed by atoms with Crippen LogP contribution in [0.5, 0.6) is 0 Å². The monoisotopic (exact) mass is 281 g/mol. The van der Waals surface area contributed by atoms with Gasteiger partial charge in [-0.15, -0.1) is 0 Å². The maximum atomic E-state index is 12.8. The second-order valence-corrected chi connectivity index (χ2v) is 7.29. The zero-order chi connectivity index (χ0) is 15.1. The van der Waals surface area contributed by atoms with Gasteiger partial charge in [0.05, 0.1) is 5.41 Å². The highest BCUT2D eigenvalue weighted by Crippen LogP contribution is 2.33. The summed E-state index contributed by atoms with van der Waals surface area (Å²) in [5.74, 6) is -0.0116. The van der Waals surface area contributed by atoms with E-state index in [0.717, 1.165) is 25.7 Å². The van der Waals surface area contributed by atoms with Crippen molar-refractivity contribution < 1.29 is 9.59 Å². The maximum Gasteiger partial charge on any atom is 0.243 e. The van der Waals surface area contributed by atoms with Crippen molar-refractivity contribution in [2.45, 2.75) is 71.0 Å². The van der Waals surface area contributed by atoms with E-state index in [1.807, 2.05) is 27.7 Å². The predicted octanol–water partition coefficient (Wildman–Crippen LogP) is 1.02. The lowest BCUT2D eigenvalue weighted by Gasteiger charge is -2.41. The average molecular weight is 281 g/mol. The van der Waals surface area contributed by atoms with Crippen molar-refractivity contribution in [3.63, 3.8) is 0 Å². The van der Waals surface area contributed by atoms with E-state index in [-0.39, 0.29) is 17.9 Å². The molecule has 0 aromatic rings. The topological polar surface area (TPSA) is 75.4 Å². The molecule has 5 heteroatoms. The molecule has 1 heterocycles. The molecule has 2 fully saturated rings. The molecule has 0 bridgehead atoms. The first-order valence-corrected chi connectivity index (χ1v) is 7.55. The van der Waals surface area contributed by atoms with Gasteiger partial charge in [0.25, 0.3) is 0 Å². The van der Waals surface area contributed by atoms with Gasteiger partial charge in [0.1, 0.15) is 6.04 Å². The van der Waals surface area contributed by atoms with Crippen LogP contribution in [0.3, 0.4) is 0 Å². The van der Waals surface area contributed by atoms with Crippen LogP contribution in [-0.2, 0) is 9.59 Å². The molecule has 20 heavy (non-hydrogen) atoms. The standard InChI is InChI=1S/C15H27N3O2/c1-14(2,15(3,4)16)13(20)18-9-5-6-11(18)12(19)17-10-7-8-10/h10-11H,5-9,16H2,1-4H3,(H,17,19). The number of hydrogen-bond donors (Lipinski definition) is 2. The van der Waals surface area contributed by atoms with Gasteiger partial charge >= 0.3 is 0 Å². The minimum Gasteiger partial charge on any atom is -0.352 e. The summed E-state index contributed by atoms with van der Waals surface area (Å²) in [7, 11) is 0. The summed E-state index contributed by atoms with van der Waals surface area (Å²) in [5, 5.41) is 3.01. The van der Waals surface area contributed by atoms with Crippen LogP contribution in [0.1, 0.15) is 53.4 Å². The highest BCUT2D eigenvalue weighted by atomic mass is 16.2. The summed E-state index contributed by atoms with van der Waals surface area (Å²) in [6, 6.07) is 0.0173. The smallest absolute Gasteiger partial charge is 0.243 e. The number of nitrogens with zero attached hydrogens (tertiary/aromatic N) is 1.